The van der Waals surface area contributed by atoms with Gasteiger partial charge in [0, 0.05) is 0 Å². The topological polar surface area (TPSA) is 43.6 Å². The third-order valence-electron chi connectivity index (χ3n) is 2.79. The quantitative estimate of drug-likeness (QED) is 0.653. The van der Waals surface area contributed by atoms with Crippen molar-refractivity contribution in [1.82, 2.24) is 9.38 Å². The molecule has 17 heavy (non-hydrogen) atoms. The van der Waals surface area contributed by atoms with Crippen molar-refractivity contribution < 1.29 is 9.53 Å². The number of aldehydes is 1. The largest absolute Gasteiger partial charge is 0.497 e. The van der Waals surface area contributed by atoms with Crippen LogP contribution < -0.4 is 4.74 Å². The zero-order chi connectivity index (χ0) is 12.0. The molecule has 4 nitrogen and oxygen atoms in total. The number of fused-ring (bicyclic) bond motifs is 3. The Labute approximate surface area is 101 Å². The van der Waals surface area contributed by atoms with Crippen molar-refractivity contribution in [3.8, 4) is 5.75 Å². The molecular weight excluding hydrogens is 236 g/mol. The van der Waals surface area contributed by atoms with E-state index in [-0.39, 0.29) is 0 Å². The summed E-state index contributed by atoms with van der Waals surface area (Å²) in [5, 5.41) is 0. The van der Waals surface area contributed by atoms with E-state index in [0.29, 0.717) is 5.69 Å². The first-order valence-electron chi connectivity index (χ1n) is 5.15. The highest BCUT2D eigenvalue weighted by Crippen LogP contribution is 2.30. The minimum absolute atomic E-state index is 0.622. The first-order valence-corrected chi connectivity index (χ1v) is 5.97. The van der Waals surface area contributed by atoms with E-state index in [2.05, 4.69) is 4.98 Å². The Morgan fingerprint density at radius 3 is 3.00 bits per heavy atom. The Morgan fingerprint density at radius 2 is 2.29 bits per heavy atom. The highest BCUT2D eigenvalue weighted by atomic mass is 32.1. The maximum atomic E-state index is 11.1. The fourth-order valence-corrected chi connectivity index (χ4v) is 3.05. The van der Waals surface area contributed by atoms with E-state index < -0.39 is 0 Å². The van der Waals surface area contributed by atoms with Gasteiger partial charge in [0.15, 0.2) is 11.2 Å². The monoisotopic (exact) mass is 246 g/mol. The van der Waals surface area contributed by atoms with Gasteiger partial charge >= 0.3 is 0 Å². The molecule has 5 heteroatoms. The average molecular weight is 246 g/mol. The molecule has 0 amide bonds. The van der Waals surface area contributed by atoms with Crippen LogP contribution in [-0.2, 0) is 0 Å². The number of ether oxygens (including phenoxy) is 1. The molecule has 0 aliphatic heterocycles. The molecule has 0 aliphatic carbocycles. The molecule has 1 aromatic carbocycles. The lowest BCUT2D eigenvalue weighted by Crippen LogP contribution is -1.90. The smallest absolute Gasteiger partial charge is 0.195 e. The molecular formula is C12H10N2O2S. The molecule has 0 N–H and O–H groups in total. The van der Waals surface area contributed by atoms with Gasteiger partial charge in [0.25, 0.3) is 0 Å². The van der Waals surface area contributed by atoms with Gasteiger partial charge in [-0.15, -0.1) is 0 Å². The van der Waals surface area contributed by atoms with Crippen LogP contribution in [0.2, 0.25) is 0 Å². The highest BCUT2D eigenvalue weighted by Gasteiger charge is 2.13. The van der Waals surface area contributed by atoms with Gasteiger partial charge < -0.3 is 4.74 Å². The zero-order valence-corrected chi connectivity index (χ0v) is 10.2. The summed E-state index contributed by atoms with van der Waals surface area (Å²) in [6, 6.07) is 5.79. The molecule has 3 rings (SSSR count). The molecule has 0 unspecified atom stereocenters. The summed E-state index contributed by atoms with van der Waals surface area (Å²) in [5.41, 5.74) is 2.38. The average Bonchev–Trinajstić information content (AvgIpc) is 2.82. The van der Waals surface area contributed by atoms with E-state index in [0.717, 1.165) is 32.9 Å². The summed E-state index contributed by atoms with van der Waals surface area (Å²) < 4.78 is 8.14. The van der Waals surface area contributed by atoms with Crippen LogP contribution in [0.3, 0.4) is 0 Å². The van der Waals surface area contributed by atoms with Gasteiger partial charge in [0.2, 0.25) is 0 Å². The predicted octanol–water partition coefficient (Wildman–Crippen LogP) is 2.68. The number of hydrogen-bond donors (Lipinski definition) is 0. The van der Waals surface area contributed by atoms with E-state index in [9.17, 15) is 4.79 Å². The maximum Gasteiger partial charge on any atom is 0.195 e. The lowest BCUT2D eigenvalue weighted by Gasteiger charge is -1.99. The third-order valence-corrected chi connectivity index (χ3v) is 3.79. The molecule has 0 fully saturated rings. The number of aromatic nitrogens is 2. The molecule has 0 bridgehead atoms. The number of benzene rings is 1. The fourth-order valence-electron chi connectivity index (χ4n) is 1.94. The highest BCUT2D eigenvalue weighted by molar-refractivity contribution is 7.23. The normalized spacial score (nSPS) is 11.2. The predicted molar refractivity (Wildman–Crippen MR) is 67.3 cm³/mol. The Hall–Kier alpha value is -1.88. The molecule has 2 heterocycles. The number of hydrogen-bond acceptors (Lipinski definition) is 4. The minimum Gasteiger partial charge on any atom is -0.497 e. The van der Waals surface area contributed by atoms with Gasteiger partial charge in [-0.1, -0.05) is 11.3 Å². The zero-order valence-electron chi connectivity index (χ0n) is 9.43. The van der Waals surface area contributed by atoms with Crippen LogP contribution in [-0.4, -0.2) is 22.8 Å². The van der Waals surface area contributed by atoms with Crippen molar-refractivity contribution in [3.05, 3.63) is 29.6 Å². The van der Waals surface area contributed by atoms with Crippen LogP contribution in [0.15, 0.2) is 18.2 Å². The Kier molecular flexibility index (Phi) is 2.16. The van der Waals surface area contributed by atoms with Crippen LogP contribution in [0.4, 0.5) is 0 Å². The van der Waals surface area contributed by atoms with Crippen molar-refractivity contribution >= 4 is 32.8 Å². The second-order valence-corrected chi connectivity index (χ2v) is 4.76. The lowest BCUT2D eigenvalue weighted by atomic mass is 10.3. The van der Waals surface area contributed by atoms with Gasteiger partial charge in [-0.05, 0) is 25.1 Å². The van der Waals surface area contributed by atoms with Crippen LogP contribution in [0.25, 0.3) is 15.2 Å². The number of aryl methyl sites for hydroxylation is 1. The molecule has 0 radical (unpaired) electrons. The van der Waals surface area contributed by atoms with Gasteiger partial charge in [0.05, 0.1) is 23.0 Å². The summed E-state index contributed by atoms with van der Waals surface area (Å²) in [6.45, 7) is 1.85. The van der Waals surface area contributed by atoms with E-state index in [4.69, 9.17) is 4.74 Å². The lowest BCUT2D eigenvalue weighted by molar-refractivity contribution is 0.111. The number of nitrogens with zero attached hydrogens (tertiary/aromatic N) is 2. The molecule has 0 aliphatic rings. The summed E-state index contributed by atoms with van der Waals surface area (Å²) >= 11 is 1.55. The minimum atomic E-state index is 0.622. The van der Waals surface area contributed by atoms with Crippen molar-refractivity contribution in [3.63, 3.8) is 0 Å². The molecule has 2 aromatic heterocycles. The van der Waals surface area contributed by atoms with Crippen molar-refractivity contribution in [2.75, 3.05) is 7.11 Å². The van der Waals surface area contributed by atoms with Crippen LogP contribution >= 0.6 is 11.3 Å². The number of rotatable bonds is 2. The number of methoxy groups -OCH3 is 1. The number of thiazole rings is 1. The standard InChI is InChI=1S/C12H10N2O2S/c1-7-10(6-15)14-9-4-3-8(16-2)5-11(9)17-12(14)13-7/h3-6H,1-2H3. The maximum absolute atomic E-state index is 11.1. The van der Waals surface area contributed by atoms with Gasteiger partial charge in [-0.25, -0.2) is 4.98 Å². The fraction of sp³-hybridized carbons (Fsp3) is 0.167. The second-order valence-electron chi connectivity index (χ2n) is 3.75. The van der Waals surface area contributed by atoms with Gasteiger partial charge in [-0.3, -0.25) is 9.20 Å². The van der Waals surface area contributed by atoms with Crippen LogP contribution in [0.1, 0.15) is 16.2 Å². The van der Waals surface area contributed by atoms with Crippen LogP contribution in [0.5, 0.6) is 5.75 Å². The van der Waals surface area contributed by atoms with Crippen molar-refractivity contribution in [2.45, 2.75) is 6.92 Å². The number of carbonyl (C=O) groups excluding carboxylic acids is 1. The summed E-state index contributed by atoms with van der Waals surface area (Å²) in [5.74, 6) is 0.811. The summed E-state index contributed by atoms with van der Waals surface area (Å²) in [4.78, 5) is 16.3. The van der Waals surface area contributed by atoms with E-state index >= 15 is 0 Å². The number of imidazole rings is 1. The van der Waals surface area contributed by atoms with Crippen molar-refractivity contribution in [2.24, 2.45) is 0 Å². The Morgan fingerprint density at radius 1 is 1.47 bits per heavy atom. The number of carbonyl (C=O) groups is 1. The third kappa shape index (κ3) is 1.36. The first kappa shape index (κ1) is 10.3. The molecule has 86 valence electrons. The summed E-state index contributed by atoms with van der Waals surface area (Å²) in [7, 11) is 1.64. The SMILES string of the molecule is COc1ccc2c(c1)sc1nc(C)c(C=O)n12. The molecule has 0 saturated carbocycles. The molecule has 0 spiro atoms. The van der Waals surface area contributed by atoms with Crippen LogP contribution in [0, 0.1) is 6.92 Å². The van der Waals surface area contributed by atoms with E-state index in [1.165, 1.54) is 0 Å². The second kappa shape index (κ2) is 3.56. The van der Waals surface area contributed by atoms with Gasteiger partial charge in [-0.2, -0.15) is 0 Å². The van der Waals surface area contributed by atoms with E-state index in [1.807, 2.05) is 29.5 Å². The molecule has 3 aromatic rings. The molecule has 0 atom stereocenters. The summed E-state index contributed by atoms with van der Waals surface area (Å²) in [6.07, 6.45) is 0.853. The first-order chi connectivity index (χ1) is 8.24. The molecule has 0 saturated heterocycles. The van der Waals surface area contributed by atoms with E-state index in [1.54, 1.807) is 18.4 Å². The Bertz CT molecular complexity index is 727. The van der Waals surface area contributed by atoms with Gasteiger partial charge in [0.1, 0.15) is 11.4 Å². The van der Waals surface area contributed by atoms with Crippen molar-refractivity contribution in [1.29, 1.82) is 0 Å². The Balaban J connectivity index is 2.44.